The lowest BCUT2D eigenvalue weighted by Crippen LogP contribution is -1.99. The van der Waals surface area contributed by atoms with Crippen LogP contribution in [0.3, 0.4) is 0 Å². The van der Waals surface area contributed by atoms with Gasteiger partial charge in [-0.25, -0.2) is 0 Å². The first-order chi connectivity index (χ1) is 10.4. The van der Waals surface area contributed by atoms with E-state index in [2.05, 4.69) is 54.7 Å². The van der Waals surface area contributed by atoms with E-state index in [0.29, 0.717) is 0 Å². The second-order valence-electron chi connectivity index (χ2n) is 6.47. The molecule has 0 saturated heterocycles. The van der Waals surface area contributed by atoms with Gasteiger partial charge in [-0.15, -0.1) is 0 Å². The molecule has 0 spiro atoms. The highest BCUT2D eigenvalue weighted by molar-refractivity contribution is 5.86. The number of fused-ring (bicyclic) bond motifs is 6. The Bertz CT molecular complexity index is 849. The fourth-order valence-corrected chi connectivity index (χ4v) is 4.23. The van der Waals surface area contributed by atoms with E-state index in [4.69, 9.17) is 4.98 Å². The Hall–Kier alpha value is -2.15. The van der Waals surface area contributed by atoms with Crippen LogP contribution in [0, 0.1) is 0 Å². The lowest BCUT2D eigenvalue weighted by atomic mass is 9.92. The lowest BCUT2D eigenvalue weighted by Gasteiger charge is -2.15. The summed E-state index contributed by atoms with van der Waals surface area (Å²) in [6.45, 7) is 0. The molecular formula is C20H17N. The standard InChI is InChI=1S/C20H17N/c1-2-4-14-9-17(8-5-13(14)3-1)20-11-18-15-6-7-16(10-15)19(18)12-21-20/h1-5,8-9,11-12,15-16H,6-7,10H2. The van der Waals surface area contributed by atoms with E-state index in [-0.39, 0.29) is 0 Å². The van der Waals surface area contributed by atoms with Crippen molar-refractivity contribution in [3.8, 4) is 11.3 Å². The summed E-state index contributed by atoms with van der Waals surface area (Å²) in [6.07, 6.45) is 6.25. The van der Waals surface area contributed by atoms with Gasteiger partial charge in [0, 0.05) is 11.8 Å². The third-order valence-electron chi connectivity index (χ3n) is 5.33. The molecule has 2 bridgehead atoms. The Kier molecular flexibility index (Phi) is 2.29. The quantitative estimate of drug-likeness (QED) is 0.587. The van der Waals surface area contributed by atoms with Crippen molar-refractivity contribution in [2.45, 2.75) is 31.1 Å². The Morgan fingerprint density at radius 3 is 2.52 bits per heavy atom. The minimum Gasteiger partial charge on any atom is -0.256 e. The topological polar surface area (TPSA) is 12.9 Å². The molecule has 1 fully saturated rings. The van der Waals surface area contributed by atoms with E-state index >= 15 is 0 Å². The molecule has 2 atom stereocenters. The smallest absolute Gasteiger partial charge is 0.0705 e. The summed E-state index contributed by atoms with van der Waals surface area (Å²) in [7, 11) is 0. The van der Waals surface area contributed by atoms with Gasteiger partial charge in [0.2, 0.25) is 0 Å². The third kappa shape index (κ3) is 1.67. The molecule has 1 aromatic heterocycles. The van der Waals surface area contributed by atoms with Crippen LogP contribution in [0.5, 0.6) is 0 Å². The molecule has 21 heavy (non-hydrogen) atoms. The highest BCUT2D eigenvalue weighted by atomic mass is 14.7. The van der Waals surface area contributed by atoms with Gasteiger partial charge in [-0.2, -0.15) is 0 Å². The van der Waals surface area contributed by atoms with Crippen LogP contribution in [0.1, 0.15) is 42.2 Å². The van der Waals surface area contributed by atoms with Crippen molar-refractivity contribution in [2.75, 3.05) is 0 Å². The average molecular weight is 271 g/mol. The summed E-state index contributed by atoms with van der Waals surface area (Å²) in [5, 5.41) is 2.58. The van der Waals surface area contributed by atoms with Gasteiger partial charge < -0.3 is 0 Å². The molecule has 0 radical (unpaired) electrons. The third-order valence-corrected chi connectivity index (χ3v) is 5.33. The van der Waals surface area contributed by atoms with Gasteiger partial charge in [0.1, 0.15) is 0 Å². The van der Waals surface area contributed by atoms with Gasteiger partial charge in [0.25, 0.3) is 0 Å². The SMILES string of the molecule is c1ccc2cc(-c3cc4c(cn3)C3CCC4C3)ccc2c1. The summed E-state index contributed by atoms with van der Waals surface area (Å²) >= 11 is 0. The predicted octanol–water partition coefficient (Wildman–Crippen LogP) is 5.27. The minimum atomic E-state index is 0.795. The van der Waals surface area contributed by atoms with Crippen LogP contribution >= 0.6 is 0 Å². The monoisotopic (exact) mass is 271 g/mol. The largest absolute Gasteiger partial charge is 0.256 e. The normalized spacial score (nSPS) is 22.7. The molecule has 5 rings (SSSR count). The Morgan fingerprint density at radius 2 is 1.62 bits per heavy atom. The number of nitrogens with zero attached hydrogens (tertiary/aromatic N) is 1. The molecule has 0 N–H and O–H groups in total. The first-order valence-electron chi connectivity index (χ1n) is 7.87. The number of rotatable bonds is 1. The van der Waals surface area contributed by atoms with Crippen molar-refractivity contribution in [1.82, 2.24) is 4.98 Å². The van der Waals surface area contributed by atoms with E-state index in [1.54, 1.807) is 5.56 Å². The van der Waals surface area contributed by atoms with Crippen molar-refractivity contribution >= 4 is 10.8 Å². The Labute approximate surface area is 124 Å². The maximum absolute atomic E-state index is 4.75. The molecule has 0 amide bonds. The molecule has 0 aliphatic heterocycles. The van der Waals surface area contributed by atoms with Crippen LogP contribution in [-0.4, -0.2) is 4.98 Å². The molecule has 2 aliphatic rings. The second kappa shape index (κ2) is 4.17. The van der Waals surface area contributed by atoms with E-state index < -0.39 is 0 Å². The van der Waals surface area contributed by atoms with Crippen molar-refractivity contribution in [2.24, 2.45) is 0 Å². The van der Waals surface area contributed by atoms with E-state index in [1.165, 1.54) is 41.2 Å². The van der Waals surface area contributed by atoms with Gasteiger partial charge in [0.15, 0.2) is 0 Å². The van der Waals surface area contributed by atoms with Crippen molar-refractivity contribution in [1.29, 1.82) is 0 Å². The zero-order chi connectivity index (χ0) is 13.8. The fraction of sp³-hybridized carbons (Fsp3) is 0.250. The minimum absolute atomic E-state index is 0.795. The summed E-state index contributed by atoms with van der Waals surface area (Å²) in [6, 6.07) is 17.5. The van der Waals surface area contributed by atoms with Gasteiger partial charge in [0.05, 0.1) is 5.69 Å². The average Bonchev–Trinajstić information content (AvgIpc) is 3.16. The van der Waals surface area contributed by atoms with Gasteiger partial charge in [-0.05, 0) is 65.1 Å². The summed E-state index contributed by atoms with van der Waals surface area (Å²) in [5.74, 6) is 1.59. The molecule has 3 aromatic rings. The van der Waals surface area contributed by atoms with Crippen LogP contribution in [0.25, 0.3) is 22.0 Å². The molecule has 2 aliphatic carbocycles. The van der Waals surface area contributed by atoms with Gasteiger partial charge in [-0.1, -0.05) is 36.4 Å². The Morgan fingerprint density at radius 1 is 0.810 bits per heavy atom. The van der Waals surface area contributed by atoms with Gasteiger partial charge >= 0.3 is 0 Å². The molecule has 2 unspecified atom stereocenters. The maximum atomic E-state index is 4.75. The number of pyridine rings is 1. The molecule has 1 heteroatoms. The number of benzene rings is 2. The van der Waals surface area contributed by atoms with E-state index in [0.717, 1.165) is 17.5 Å². The van der Waals surface area contributed by atoms with Crippen molar-refractivity contribution in [3.63, 3.8) is 0 Å². The lowest BCUT2D eigenvalue weighted by molar-refractivity contribution is 0.714. The van der Waals surface area contributed by atoms with Crippen LogP contribution in [0.15, 0.2) is 54.7 Å². The van der Waals surface area contributed by atoms with Crippen molar-refractivity contribution in [3.05, 3.63) is 65.9 Å². The molecular weight excluding hydrogens is 254 g/mol. The highest BCUT2D eigenvalue weighted by Crippen LogP contribution is 2.53. The van der Waals surface area contributed by atoms with Crippen LogP contribution in [0.2, 0.25) is 0 Å². The molecule has 102 valence electrons. The second-order valence-corrected chi connectivity index (χ2v) is 6.47. The zero-order valence-electron chi connectivity index (χ0n) is 11.9. The number of hydrogen-bond acceptors (Lipinski definition) is 1. The van der Waals surface area contributed by atoms with Crippen LogP contribution in [0.4, 0.5) is 0 Å². The Balaban J connectivity index is 1.65. The number of hydrogen-bond donors (Lipinski definition) is 0. The van der Waals surface area contributed by atoms with Gasteiger partial charge in [-0.3, -0.25) is 4.98 Å². The van der Waals surface area contributed by atoms with Crippen LogP contribution in [-0.2, 0) is 0 Å². The predicted molar refractivity (Wildman–Crippen MR) is 86.5 cm³/mol. The molecule has 1 saturated carbocycles. The summed E-state index contributed by atoms with van der Waals surface area (Å²) in [4.78, 5) is 4.75. The zero-order valence-corrected chi connectivity index (χ0v) is 11.9. The number of aromatic nitrogens is 1. The first-order valence-corrected chi connectivity index (χ1v) is 7.87. The molecule has 1 heterocycles. The summed E-state index contributed by atoms with van der Waals surface area (Å²) in [5.41, 5.74) is 5.46. The van der Waals surface area contributed by atoms with Crippen LogP contribution < -0.4 is 0 Å². The van der Waals surface area contributed by atoms with Crippen molar-refractivity contribution < 1.29 is 0 Å². The maximum Gasteiger partial charge on any atom is 0.0705 e. The highest BCUT2D eigenvalue weighted by Gasteiger charge is 2.37. The summed E-state index contributed by atoms with van der Waals surface area (Å²) < 4.78 is 0. The fourth-order valence-electron chi connectivity index (χ4n) is 4.23. The van der Waals surface area contributed by atoms with E-state index in [1.807, 2.05) is 0 Å². The molecule has 2 aromatic carbocycles. The first kappa shape index (κ1) is 11.5. The van der Waals surface area contributed by atoms with E-state index in [9.17, 15) is 0 Å². The molecule has 1 nitrogen and oxygen atoms in total.